The van der Waals surface area contributed by atoms with Crippen LogP contribution in [0.15, 0.2) is 52.6 Å². The summed E-state index contributed by atoms with van der Waals surface area (Å²) in [5, 5.41) is 43.2. The number of aliphatic imine (C=N–C) groups is 1. The molecule has 4 rings (SSSR count). The van der Waals surface area contributed by atoms with Crippen LogP contribution < -0.4 is 0 Å². The summed E-state index contributed by atoms with van der Waals surface area (Å²) >= 11 is 0. The molecule has 0 aliphatic carbocycles. The van der Waals surface area contributed by atoms with Gasteiger partial charge in [0.15, 0.2) is 5.88 Å². The van der Waals surface area contributed by atoms with Gasteiger partial charge in [-0.3, -0.25) is 0 Å². The Bertz CT molecular complexity index is 1090. The Balaban J connectivity index is 1.83. The summed E-state index contributed by atoms with van der Waals surface area (Å²) in [4.78, 5) is 12.7. The van der Waals surface area contributed by atoms with E-state index in [0.29, 0.717) is 39.1 Å². The first-order valence-electron chi connectivity index (χ1n) is 8.74. The number of aromatic nitrogens is 1. The average Bonchev–Trinajstić information content (AvgIpc) is 3.23. The van der Waals surface area contributed by atoms with Crippen molar-refractivity contribution in [1.82, 2.24) is 4.98 Å². The van der Waals surface area contributed by atoms with Crippen LogP contribution in [0.3, 0.4) is 0 Å². The number of nitrogens with zero attached hydrogens (tertiary/aromatic N) is 2. The lowest BCUT2D eigenvalue weighted by Crippen LogP contribution is -2.19. The van der Waals surface area contributed by atoms with E-state index in [1.807, 2.05) is 24.3 Å². The number of hydrogen-bond donors (Lipinski definition) is 5. The van der Waals surface area contributed by atoms with Gasteiger partial charge in [0.1, 0.15) is 24.1 Å². The Hall–Kier alpha value is -3.20. The lowest BCUT2D eigenvalue weighted by Gasteiger charge is -2.08. The Labute approximate surface area is 160 Å². The SMILES string of the molecule is OCc1ccc2[nH]c(O)c(C3=Nc4ccccc4/C3=N\OCC(O)CO)c2c1. The van der Waals surface area contributed by atoms with E-state index in [1.54, 1.807) is 18.2 Å². The highest BCUT2D eigenvalue weighted by Crippen LogP contribution is 2.36. The quantitative estimate of drug-likeness (QED) is 0.414. The van der Waals surface area contributed by atoms with E-state index in [-0.39, 0.29) is 19.1 Å². The molecule has 1 unspecified atom stereocenters. The van der Waals surface area contributed by atoms with Crippen molar-refractivity contribution >= 4 is 28.0 Å². The number of rotatable bonds is 6. The summed E-state index contributed by atoms with van der Waals surface area (Å²) in [5.41, 5.74) is 4.07. The number of para-hydroxylation sites is 1. The highest BCUT2D eigenvalue weighted by atomic mass is 16.6. The molecule has 1 aliphatic heterocycles. The second kappa shape index (κ2) is 7.43. The normalized spacial score (nSPS) is 15.7. The minimum Gasteiger partial charge on any atom is -0.494 e. The first-order valence-corrected chi connectivity index (χ1v) is 8.74. The molecule has 0 saturated heterocycles. The number of aliphatic hydroxyl groups is 3. The van der Waals surface area contributed by atoms with E-state index < -0.39 is 12.7 Å². The number of aromatic hydroxyl groups is 1. The predicted molar refractivity (Wildman–Crippen MR) is 104 cm³/mol. The Morgan fingerprint density at radius 3 is 2.75 bits per heavy atom. The van der Waals surface area contributed by atoms with E-state index in [1.165, 1.54) is 0 Å². The number of hydrogen-bond acceptors (Lipinski definition) is 7. The van der Waals surface area contributed by atoms with Gasteiger partial charge in [0.05, 0.1) is 24.5 Å². The number of benzene rings is 2. The van der Waals surface area contributed by atoms with Crippen LogP contribution in [0.2, 0.25) is 0 Å². The van der Waals surface area contributed by atoms with Crippen molar-refractivity contribution in [2.45, 2.75) is 12.7 Å². The maximum Gasteiger partial charge on any atom is 0.199 e. The Kier molecular flexibility index (Phi) is 4.82. The molecule has 0 saturated carbocycles. The Morgan fingerprint density at radius 2 is 1.96 bits per heavy atom. The van der Waals surface area contributed by atoms with Gasteiger partial charge in [0.2, 0.25) is 0 Å². The second-order valence-corrected chi connectivity index (χ2v) is 6.44. The summed E-state index contributed by atoms with van der Waals surface area (Å²) in [6.45, 7) is -0.739. The van der Waals surface area contributed by atoms with Gasteiger partial charge < -0.3 is 30.2 Å². The molecular weight excluding hydrogens is 362 g/mol. The summed E-state index contributed by atoms with van der Waals surface area (Å²) < 4.78 is 0. The van der Waals surface area contributed by atoms with Crippen LogP contribution in [0.5, 0.6) is 5.88 Å². The molecule has 8 nitrogen and oxygen atoms in total. The summed E-state index contributed by atoms with van der Waals surface area (Å²) in [6.07, 6.45) is -1.05. The summed E-state index contributed by atoms with van der Waals surface area (Å²) in [5.74, 6) is -0.0697. The zero-order valence-corrected chi connectivity index (χ0v) is 14.8. The van der Waals surface area contributed by atoms with Crippen molar-refractivity contribution in [3.8, 4) is 5.88 Å². The third-order valence-electron chi connectivity index (χ3n) is 4.51. The molecule has 0 bridgehead atoms. The smallest absolute Gasteiger partial charge is 0.199 e. The lowest BCUT2D eigenvalue weighted by molar-refractivity contribution is 0.00858. The second-order valence-electron chi connectivity index (χ2n) is 6.44. The van der Waals surface area contributed by atoms with Gasteiger partial charge in [-0.15, -0.1) is 0 Å². The molecule has 144 valence electrons. The molecule has 8 heteroatoms. The summed E-state index contributed by atoms with van der Waals surface area (Å²) in [6, 6.07) is 12.7. The third-order valence-corrected chi connectivity index (χ3v) is 4.51. The van der Waals surface area contributed by atoms with Gasteiger partial charge in [-0.1, -0.05) is 29.4 Å². The first kappa shape index (κ1) is 18.2. The van der Waals surface area contributed by atoms with Gasteiger partial charge in [-0.05, 0) is 23.8 Å². The Morgan fingerprint density at radius 1 is 1.14 bits per heavy atom. The first-order chi connectivity index (χ1) is 13.6. The average molecular weight is 381 g/mol. The van der Waals surface area contributed by atoms with Gasteiger partial charge in [0, 0.05) is 16.5 Å². The van der Waals surface area contributed by atoms with E-state index in [2.05, 4.69) is 15.1 Å². The third kappa shape index (κ3) is 3.13. The van der Waals surface area contributed by atoms with Crippen molar-refractivity contribution in [3.63, 3.8) is 0 Å². The largest absolute Gasteiger partial charge is 0.494 e. The number of aliphatic hydroxyl groups excluding tert-OH is 3. The van der Waals surface area contributed by atoms with Gasteiger partial charge in [-0.2, -0.15) is 0 Å². The number of nitrogens with one attached hydrogen (secondary N) is 1. The van der Waals surface area contributed by atoms with Gasteiger partial charge >= 0.3 is 0 Å². The molecule has 1 aliphatic rings. The van der Waals surface area contributed by atoms with Crippen LogP contribution in [-0.2, 0) is 11.4 Å². The lowest BCUT2D eigenvalue weighted by atomic mass is 10.00. The van der Waals surface area contributed by atoms with Crippen molar-refractivity contribution < 1.29 is 25.3 Å². The van der Waals surface area contributed by atoms with Crippen LogP contribution >= 0.6 is 0 Å². The maximum atomic E-state index is 10.5. The highest BCUT2D eigenvalue weighted by Gasteiger charge is 2.29. The zero-order chi connectivity index (χ0) is 19.7. The fourth-order valence-electron chi connectivity index (χ4n) is 3.14. The van der Waals surface area contributed by atoms with Crippen LogP contribution in [0.1, 0.15) is 16.7 Å². The topological polar surface area (TPSA) is 131 Å². The van der Waals surface area contributed by atoms with Crippen LogP contribution in [0, 0.1) is 0 Å². The van der Waals surface area contributed by atoms with Crippen molar-refractivity contribution in [1.29, 1.82) is 0 Å². The van der Waals surface area contributed by atoms with E-state index in [0.717, 1.165) is 5.56 Å². The van der Waals surface area contributed by atoms with Crippen LogP contribution in [-0.4, -0.2) is 56.2 Å². The number of fused-ring (bicyclic) bond motifs is 2. The molecule has 28 heavy (non-hydrogen) atoms. The number of oxime groups is 1. The molecule has 0 amide bonds. The molecule has 1 atom stereocenters. The van der Waals surface area contributed by atoms with Crippen LogP contribution in [0.4, 0.5) is 5.69 Å². The van der Waals surface area contributed by atoms with Gasteiger partial charge in [0.25, 0.3) is 0 Å². The standard InChI is InChI=1S/C20H19N3O5/c24-8-11-5-6-16-14(7-11)17(20(27)22-16)19-18(23-28-10-12(26)9-25)13-3-1-2-4-15(13)21-19/h1-7,12,22,24-27H,8-10H2/b23-18+. The molecule has 0 radical (unpaired) electrons. The van der Waals surface area contributed by atoms with Crippen LogP contribution in [0.25, 0.3) is 10.9 Å². The fourth-order valence-corrected chi connectivity index (χ4v) is 3.14. The molecule has 0 spiro atoms. The molecule has 0 fully saturated rings. The summed E-state index contributed by atoms with van der Waals surface area (Å²) in [7, 11) is 0. The van der Waals surface area contributed by atoms with Crippen molar-refractivity contribution in [3.05, 3.63) is 59.2 Å². The molecule has 5 N–H and O–H groups in total. The zero-order valence-electron chi connectivity index (χ0n) is 14.8. The minimum atomic E-state index is -1.05. The maximum absolute atomic E-state index is 10.5. The van der Waals surface area contributed by atoms with E-state index in [4.69, 9.17) is 9.94 Å². The molecule has 1 aromatic heterocycles. The highest BCUT2D eigenvalue weighted by molar-refractivity contribution is 6.58. The van der Waals surface area contributed by atoms with Gasteiger partial charge in [-0.25, -0.2) is 4.99 Å². The van der Waals surface area contributed by atoms with Crippen molar-refractivity contribution in [2.24, 2.45) is 10.1 Å². The van der Waals surface area contributed by atoms with E-state index >= 15 is 0 Å². The minimum absolute atomic E-state index is 0.0697. The monoisotopic (exact) mass is 381 g/mol. The number of H-pyrrole nitrogens is 1. The molecule has 2 heterocycles. The predicted octanol–water partition coefficient (Wildman–Crippen LogP) is 1.57. The number of aromatic amines is 1. The molecule has 3 aromatic rings. The molecular formula is C20H19N3O5. The van der Waals surface area contributed by atoms with E-state index in [9.17, 15) is 15.3 Å². The molecule has 2 aromatic carbocycles. The fraction of sp³-hybridized carbons (Fsp3) is 0.200. The van der Waals surface area contributed by atoms with Crippen molar-refractivity contribution in [2.75, 3.05) is 13.2 Å².